The van der Waals surface area contributed by atoms with Crippen molar-refractivity contribution in [3.63, 3.8) is 0 Å². The average Bonchev–Trinajstić information content (AvgIpc) is 2.63. The standard InChI is InChI=1S/C20H35N3O2S/c1-6-21-20(22-13-9-10-14-26-5)23-16(4)17-11-12-18(24-7-2)19(15-17)25-8-3/h11-12,15-16H,6-10,13-14H2,1-5H3,(H2,21,22,23). The van der Waals surface area contributed by atoms with Gasteiger partial charge >= 0.3 is 0 Å². The minimum atomic E-state index is 0.119. The summed E-state index contributed by atoms with van der Waals surface area (Å²) in [5.41, 5.74) is 1.14. The Kier molecular flexibility index (Phi) is 11.8. The lowest BCUT2D eigenvalue weighted by Crippen LogP contribution is -2.38. The highest BCUT2D eigenvalue weighted by atomic mass is 32.2. The average molecular weight is 382 g/mol. The van der Waals surface area contributed by atoms with Crippen LogP contribution in [0.2, 0.25) is 0 Å². The molecule has 26 heavy (non-hydrogen) atoms. The van der Waals surface area contributed by atoms with E-state index >= 15 is 0 Å². The minimum Gasteiger partial charge on any atom is -0.490 e. The highest BCUT2D eigenvalue weighted by Gasteiger charge is 2.12. The Labute approximate surface area is 163 Å². The van der Waals surface area contributed by atoms with Crippen molar-refractivity contribution in [2.24, 2.45) is 4.99 Å². The molecule has 1 unspecified atom stereocenters. The molecule has 0 saturated heterocycles. The zero-order valence-corrected chi connectivity index (χ0v) is 17.7. The molecule has 0 aliphatic heterocycles. The molecule has 0 aliphatic carbocycles. The Morgan fingerprint density at radius 1 is 1.12 bits per heavy atom. The first kappa shape index (κ1) is 22.5. The van der Waals surface area contributed by atoms with Gasteiger partial charge in [0, 0.05) is 13.1 Å². The second-order valence-corrected chi connectivity index (χ2v) is 6.88. The summed E-state index contributed by atoms with van der Waals surface area (Å²) in [6, 6.07) is 6.23. The number of rotatable bonds is 12. The highest BCUT2D eigenvalue weighted by molar-refractivity contribution is 7.98. The molecule has 0 heterocycles. The van der Waals surface area contributed by atoms with Crippen molar-refractivity contribution in [1.29, 1.82) is 0 Å². The normalized spacial score (nSPS) is 12.6. The van der Waals surface area contributed by atoms with Gasteiger partial charge in [-0.05, 0) is 70.2 Å². The zero-order chi connectivity index (χ0) is 19.2. The van der Waals surface area contributed by atoms with E-state index in [4.69, 9.17) is 9.47 Å². The maximum atomic E-state index is 5.73. The SMILES string of the molecule is CCNC(=NCCCCSC)NC(C)c1ccc(OCC)c(OCC)c1. The first-order valence-corrected chi connectivity index (χ1v) is 11.0. The van der Waals surface area contributed by atoms with Gasteiger partial charge in [-0.15, -0.1) is 0 Å². The van der Waals surface area contributed by atoms with Crippen LogP contribution in [0.4, 0.5) is 0 Å². The molecule has 0 fully saturated rings. The second kappa shape index (κ2) is 13.6. The van der Waals surface area contributed by atoms with Crippen molar-refractivity contribution in [2.75, 3.05) is 38.3 Å². The van der Waals surface area contributed by atoms with Crippen LogP contribution in [0.15, 0.2) is 23.2 Å². The minimum absolute atomic E-state index is 0.119. The number of nitrogens with one attached hydrogen (secondary N) is 2. The van der Waals surface area contributed by atoms with Gasteiger partial charge in [0.15, 0.2) is 17.5 Å². The van der Waals surface area contributed by atoms with E-state index in [-0.39, 0.29) is 6.04 Å². The molecule has 148 valence electrons. The molecular weight excluding hydrogens is 346 g/mol. The van der Waals surface area contributed by atoms with Gasteiger partial charge in [0.05, 0.1) is 19.3 Å². The Morgan fingerprint density at radius 2 is 1.85 bits per heavy atom. The van der Waals surface area contributed by atoms with Crippen LogP contribution in [0.5, 0.6) is 11.5 Å². The van der Waals surface area contributed by atoms with Crippen LogP contribution in [0.1, 0.15) is 52.1 Å². The van der Waals surface area contributed by atoms with E-state index in [1.165, 1.54) is 12.2 Å². The van der Waals surface area contributed by atoms with Crippen molar-refractivity contribution in [2.45, 2.75) is 46.6 Å². The number of benzene rings is 1. The zero-order valence-electron chi connectivity index (χ0n) is 16.9. The molecule has 0 radical (unpaired) electrons. The molecule has 6 heteroatoms. The lowest BCUT2D eigenvalue weighted by atomic mass is 10.1. The summed E-state index contributed by atoms with van der Waals surface area (Å²) in [6.45, 7) is 11.1. The summed E-state index contributed by atoms with van der Waals surface area (Å²) in [4.78, 5) is 4.69. The number of guanidine groups is 1. The lowest BCUT2D eigenvalue weighted by Gasteiger charge is -2.20. The van der Waals surface area contributed by atoms with E-state index in [9.17, 15) is 0 Å². The molecule has 5 nitrogen and oxygen atoms in total. The molecule has 1 atom stereocenters. The maximum absolute atomic E-state index is 5.73. The van der Waals surface area contributed by atoms with E-state index in [1.807, 2.05) is 37.7 Å². The fourth-order valence-electron chi connectivity index (χ4n) is 2.49. The van der Waals surface area contributed by atoms with Gasteiger partial charge in [-0.1, -0.05) is 6.07 Å². The largest absolute Gasteiger partial charge is 0.490 e. The molecule has 2 N–H and O–H groups in total. The third kappa shape index (κ3) is 8.21. The van der Waals surface area contributed by atoms with Gasteiger partial charge in [0.1, 0.15) is 0 Å². The Hall–Kier alpha value is -1.56. The van der Waals surface area contributed by atoms with Crippen molar-refractivity contribution < 1.29 is 9.47 Å². The van der Waals surface area contributed by atoms with E-state index in [1.54, 1.807) is 0 Å². The number of hydrogen-bond acceptors (Lipinski definition) is 4. The molecular formula is C20H35N3O2S. The third-order valence-corrected chi connectivity index (χ3v) is 4.49. The highest BCUT2D eigenvalue weighted by Crippen LogP contribution is 2.30. The summed E-state index contributed by atoms with van der Waals surface area (Å²) < 4.78 is 11.4. The van der Waals surface area contributed by atoms with Crippen LogP contribution < -0.4 is 20.1 Å². The third-order valence-electron chi connectivity index (χ3n) is 3.79. The van der Waals surface area contributed by atoms with E-state index < -0.39 is 0 Å². The molecule has 0 amide bonds. The summed E-state index contributed by atoms with van der Waals surface area (Å²) in [7, 11) is 0. The van der Waals surface area contributed by atoms with Crippen LogP contribution in [0.3, 0.4) is 0 Å². The molecule has 1 rings (SSSR count). The number of aliphatic imine (C=N–C) groups is 1. The topological polar surface area (TPSA) is 54.9 Å². The van der Waals surface area contributed by atoms with Gasteiger partial charge in [-0.3, -0.25) is 4.99 Å². The predicted octanol–water partition coefficient (Wildman–Crippen LogP) is 4.24. The molecule has 0 spiro atoms. The van der Waals surface area contributed by atoms with E-state index in [2.05, 4.69) is 41.8 Å². The van der Waals surface area contributed by atoms with Crippen LogP contribution in [0, 0.1) is 0 Å². The Bertz CT molecular complexity index is 538. The lowest BCUT2D eigenvalue weighted by molar-refractivity contribution is 0.287. The summed E-state index contributed by atoms with van der Waals surface area (Å²) in [5.74, 6) is 3.64. The molecule has 1 aromatic carbocycles. The van der Waals surface area contributed by atoms with Crippen LogP contribution >= 0.6 is 11.8 Å². The monoisotopic (exact) mass is 381 g/mol. The number of thioether (sulfide) groups is 1. The van der Waals surface area contributed by atoms with Crippen molar-refractivity contribution in [1.82, 2.24) is 10.6 Å². The molecule has 0 bridgehead atoms. The fraction of sp³-hybridized carbons (Fsp3) is 0.650. The molecule has 0 saturated carbocycles. The quantitative estimate of drug-likeness (QED) is 0.322. The molecule has 0 aromatic heterocycles. The number of unbranched alkanes of at least 4 members (excludes halogenated alkanes) is 1. The predicted molar refractivity (Wildman–Crippen MR) is 114 cm³/mol. The van der Waals surface area contributed by atoms with Crippen LogP contribution in [0.25, 0.3) is 0 Å². The maximum Gasteiger partial charge on any atom is 0.191 e. The summed E-state index contributed by atoms with van der Waals surface area (Å²) in [6.07, 6.45) is 4.46. The van der Waals surface area contributed by atoms with Crippen LogP contribution in [-0.4, -0.2) is 44.3 Å². The number of hydrogen-bond donors (Lipinski definition) is 2. The van der Waals surface area contributed by atoms with Gasteiger partial charge in [-0.25, -0.2) is 0 Å². The molecule has 1 aromatic rings. The fourth-order valence-corrected chi connectivity index (χ4v) is 2.99. The first-order chi connectivity index (χ1) is 12.7. The summed E-state index contributed by atoms with van der Waals surface area (Å²) in [5, 5.41) is 6.81. The van der Waals surface area contributed by atoms with Gasteiger partial charge in [0.2, 0.25) is 0 Å². The Morgan fingerprint density at radius 3 is 2.50 bits per heavy atom. The summed E-state index contributed by atoms with van der Waals surface area (Å²) >= 11 is 1.89. The first-order valence-electron chi connectivity index (χ1n) is 9.59. The van der Waals surface area contributed by atoms with Gasteiger partial charge in [0.25, 0.3) is 0 Å². The van der Waals surface area contributed by atoms with E-state index in [0.717, 1.165) is 42.5 Å². The number of nitrogens with zero attached hydrogens (tertiary/aromatic N) is 1. The Balaban J connectivity index is 2.76. The van der Waals surface area contributed by atoms with Crippen molar-refractivity contribution in [3.05, 3.63) is 23.8 Å². The molecule has 0 aliphatic rings. The smallest absolute Gasteiger partial charge is 0.191 e. The second-order valence-electron chi connectivity index (χ2n) is 5.90. The van der Waals surface area contributed by atoms with Gasteiger partial charge in [-0.2, -0.15) is 11.8 Å². The number of ether oxygens (including phenoxy) is 2. The van der Waals surface area contributed by atoms with E-state index in [0.29, 0.717) is 13.2 Å². The van der Waals surface area contributed by atoms with Crippen molar-refractivity contribution in [3.8, 4) is 11.5 Å². The van der Waals surface area contributed by atoms with Crippen molar-refractivity contribution >= 4 is 17.7 Å². The van der Waals surface area contributed by atoms with Gasteiger partial charge < -0.3 is 20.1 Å². The van der Waals surface area contributed by atoms with Crippen LogP contribution in [-0.2, 0) is 0 Å².